The molecule has 1 aliphatic rings. The average molecular weight is 444 g/mol. The number of nitrogens with zero attached hydrogens (tertiary/aromatic N) is 4. The molecule has 3 N–H and O–H groups in total. The second-order valence-electron chi connectivity index (χ2n) is 5.96. The molecule has 0 bridgehead atoms. The molecule has 0 unspecified atom stereocenters. The Morgan fingerprint density at radius 3 is 2.71 bits per heavy atom. The number of hydrogen-bond acceptors (Lipinski definition) is 4. The van der Waals surface area contributed by atoms with E-state index in [-0.39, 0.29) is 24.0 Å². The molecule has 0 aliphatic carbocycles. The van der Waals surface area contributed by atoms with Crippen molar-refractivity contribution in [3.63, 3.8) is 0 Å². The zero-order valence-electron chi connectivity index (χ0n) is 14.7. The van der Waals surface area contributed by atoms with Gasteiger partial charge in [-0.1, -0.05) is 19.1 Å². The second kappa shape index (κ2) is 10.5. The number of piperazine rings is 1. The standard InChI is InChI=1S/C17H28N6.HI/c1-4-22-7-9-23(10-8-22)16-11-15(5-6-19-16)13-21-17(18)20-12-14(2)3;/h5-6,11H,2,4,7-10,12-13H2,1,3H3,(H3,18,20,21);1H. The third-order valence-electron chi connectivity index (χ3n) is 3.96. The minimum absolute atomic E-state index is 0. The molecule has 1 saturated heterocycles. The van der Waals surface area contributed by atoms with Crippen LogP contribution in [0.15, 0.2) is 35.5 Å². The van der Waals surface area contributed by atoms with Gasteiger partial charge < -0.3 is 20.9 Å². The number of aromatic nitrogens is 1. The summed E-state index contributed by atoms with van der Waals surface area (Å²) in [6.07, 6.45) is 1.85. The Labute approximate surface area is 162 Å². The summed E-state index contributed by atoms with van der Waals surface area (Å²) in [4.78, 5) is 13.7. The van der Waals surface area contributed by atoms with Gasteiger partial charge in [-0.2, -0.15) is 0 Å². The molecular weight excluding hydrogens is 415 g/mol. The van der Waals surface area contributed by atoms with Gasteiger partial charge in [-0.3, -0.25) is 0 Å². The summed E-state index contributed by atoms with van der Waals surface area (Å²) in [6, 6.07) is 4.10. The van der Waals surface area contributed by atoms with E-state index >= 15 is 0 Å². The summed E-state index contributed by atoms with van der Waals surface area (Å²) >= 11 is 0. The Hall–Kier alpha value is -1.35. The van der Waals surface area contributed by atoms with Gasteiger partial charge in [0, 0.05) is 38.9 Å². The first-order chi connectivity index (χ1) is 11.1. The van der Waals surface area contributed by atoms with E-state index < -0.39 is 0 Å². The quantitative estimate of drug-likeness (QED) is 0.303. The van der Waals surface area contributed by atoms with E-state index in [0.717, 1.165) is 49.7 Å². The van der Waals surface area contributed by atoms with Crippen LogP contribution in [0, 0.1) is 0 Å². The molecule has 134 valence electrons. The van der Waals surface area contributed by atoms with Crippen molar-refractivity contribution in [2.24, 2.45) is 10.7 Å². The molecule has 0 amide bonds. The van der Waals surface area contributed by atoms with Gasteiger partial charge in [-0.15, -0.1) is 24.0 Å². The highest BCUT2D eigenvalue weighted by molar-refractivity contribution is 14.0. The van der Waals surface area contributed by atoms with Crippen molar-refractivity contribution < 1.29 is 0 Å². The Kier molecular flexibility index (Phi) is 9.05. The van der Waals surface area contributed by atoms with Crippen LogP contribution in [0.25, 0.3) is 0 Å². The van der Waals surface area contributed by atoms with Crippen molar-refractivity contribution >= 4 is 35.8 Å². The first-order valence-electron chi connectivity index (χ1n) is 8.19. The minimum atomic E-state index is 0. The van der Waals surface area contributed by atoms with E-state index in [1.165, 1.54) is 0 Å². The predicted molar refractivity (Wildman–Crippen MR) is 112 cm³/mol. The number of aliphatic imine (C=N–C) groups is 1. The first-order valence-corrected chi connectivity index (χ1v) is 8.19. The fraction of sp³-hybridized carbons (Fsp3) is 0.529. The van der Waals surface area contributed by atoms with Crippen LogP contribution in [-0.2, 0) is 6.54 Å². The lowest BCUT2D eigenvalue weighted by Crippen LogP contribution is -2.46. The van der Waals surface area contributed by atoms with Crippen molar-refractivity contribution in [2.45, 2.75) is 20.4 Å². The molecule has 24 heavy (non-hydrogen) atoms. The molecule has 0 radical (unpaired) electrons. The van der Waals surface area contributed by atoms with Gasteiger partial charge in [-0.05, 0) is 31.2 Å². The van der Waals surface area contributed by atoms with Crippen LogP contribution in [0.2, 0.25) is 0 Å². The lowest BCUT2D eigenvalue weighted by atomic mass is 10.2. The first kappa shape index (κ1) is 20.7. The fourth-order valence-corrected chi connectivity index (χ4v) is 2.50. The van der Waals surface area contributed by atoms with E-state index in [1.807, 2.05) is 19.2 Å². The zero-order valence-corrected chi connectivity index (χ0v) is 17.0. The van der Waals surface area contributed by atoms with Crippen molar-refractivity contribution in [3.05, 3.63) is 36.0 Å². The maximum absolute atomic E-state index is 5.85. The van der Waals surface area contributed by atoms with Gasteiger partial charge in [0.15, 0.2) is 5.96 Å². The summed E-state index contributed by atoms with van der Waals surface area (Å²) in [5, 5.41) is 3.04. The Morgan fingerprint density at radius 2 is 2.08 bits per heavy atom. The third-order valence-corrected chi connectivity index (χ3v) is 3.96. The number of nitrogens with two attached hydrogens (primary N) is 1. The summed E-state index contributed by atoms with van der Waals surface area (Å²) in [7, 11) is 0. The highest BCUT2D eigenvalue weighted by atomic mass is 127. The largest absolute Gasteiger partial charge is 0.370 e. The SMILES string of the molecule is C=C(C)CNC(N)=NCc1ccnc(N2CCN(CC)CC2)c1.I. The molecule has 6 nitrogen and oxygen atoms in total. The molecule has 1 fully saturated rings. The van der Waals surface area contributed by atoms with Gasteiger partial charge >= 0.3 is 0 Å². The summed E-state index contributed by atoms with van der Waals surface area (Å²) in [5.74, 6) is 1.48. The molecule has 0 spiro atoms. The van der Waals surface area contributed by atoms with Crippen LogP contribution in [0.4, 0.5) is 5.82 Å². The predicted octanol–water partition coefficient (Wildman–Crippen LogP) is 1.82. The van der Waals surface area contributed by atoms with Crippen molar-refractivity contribution in [3.8, 4) is 0 Å². The highest BCUT2D eigenvalue weighted by Crippen LogP contribution is 2.15. The number of rotatable bonds is 6. The third kappa shape index (κ3) is 6.64. The molecule has 2 heterocycles. The molecule has 0 atom stereocenters. The topological polar surface area (TPSA) is 69.8 Å². The number of guanidine groups is 1. The summed E-state index contributed by atoms with van der Waals surface area (Å²) in [5.41, 5.74) is 7.99. The van der Waals surface area contributed by atoms with Gasteiger partial charge in [0.05, 0.1) is 6.54 Å². The number of pyridine rings is 1. The molecule has 0 saturated carbocycles. The van der Waals surface area contributed by atoms with Crippen LogP contribution in [-0.4, -0.2) is 55.1 Å². The number of nitrogens with one attached hydrogen (secondary N) is 1. The number of anilines is 1. The van der Waals surface area contributed by atoms with E-state index in [2.05, 4.69) is 44.7 Å². The molecule has 1 aromatic heterocycles. The minimum Gasteiger partial charge on any atom is -0.370 e. The smallest absolute Gasteiger partial charge is 0.189 e. The van der Waals surface area contributed by atoms with Crippen LogP contribution in [0.5, 0.6) is 0 Å². The Balaban J connectivity index is 0.00000288. The van der Waals surface area contributed by atoms with E-state index in [9.17, 15) is 0 Å². The zero-order chi connectivity index (χ0) is 16.7. The van der Waals surface area contributed by atoms with Crippen molar-refractivity contribution in [1.82, 2.24) is 15.2 Å². The van der Waals surface area contributed by atoms with E-state index in [1.54, 1.807) is 0 Å². The van der Waals surface area contributed by atoms with Crippen LogP contribution < -0.4 is 16.0 Å². The summed E-state index contributed by atoms with van der Waals surface area (Å²) in [6.45, 7) is 14.6. The van der Waals surface area contributed by atoms with E-state index in [4.69, 9.17) is 5.73 Å². The molecular formula is C17H29IN6. The van der Waals surface area contributed by atoms with Gasteiger partial charge in [0.2, 0.25) is 0 Å². The highest BCUT2D eigenvalue weighted by Gasteiger charge is 2.16. The van der Waals surface area contributed by atoms with Crippen LogP contribution in [0.1, 0.15) is 19.4 Å². The van der Waals surface area contributed by atoms with Crippen molar-refractivity contribution in [2.75, 3.05) is 44.2 Å². The average Bonchev–Trinajstić information content (AvgIpc) is 2.58. The van der Waals surface area contributed by atoms with E-state index in [0.29, 0.717) is 19.0 Å². The van der Waals surface area contributed by atoms with Gasteiger partial charge in [0.1, 0.15) is 5.82 Å². The fourth-order valence-electron chi connectivity index (χ4n) is 2.50. The molecule has 7 heteroatoms. The second-order valence-corrected chi connectivity index (χ2v) is 5.96. The maximum atomic E-state index is 5.85. The lowest BCUT2D eigenvalue weighted by Gasteiger charge is -2.34. The molecule has 1 aliphatic heterocycles. The van der Waals surface area contributed by atoms with Crippen molar-refractivity contribution in [1.29, 1.82) is 0 Å². The maximum Gasteiger partial charge on any atom is 0.189 e. The molecule has 2 rings (SSSR count). The number of halogens is 1. The Morgan fingerprint density at radius 1 is 1.38 bits per heavy atom. The number of hydrogen-bond donors (Lipinski definition) is 2. The summed E-state index contributed by atoms with van der Waals surface area (Å²) < 4.78 is 0. The van der Waals surface area contributed by atoms with Crippen LogP contribution in [0.3, 0.4) is 0 Å². The molecule has 1 aromatic rings. The lowest BCUT2D eigenvalue weighted by molar-refractivity contribution is 0.270. The van der Waals surface area contributed by atoms with Crippen LogP contribution >= 0.6 is 24.0 Å². The normalized spacial score (nSPS) is 15.8. The van der Waals surface area contributed by atoms with Gasteiger partial charge in [-0.25, -0.2) is 9.98 Å². The molecule has 0 aromatic carbocycles. The number of likely N-dealkylation sites (N-methyl/N-ethyl adjacent to an activating group) is 1. The van der Waals surface area contributed by atoms with Gasteiger partial charge in [0.25, 0.3) is 0 Å². The Bertz CT molecular complexity index is 552. The monoisotopic (exact) mass is 444 g/mol.